The summed E-state index contributed by atoms with van der Waals surface area (Å²) in [6, 6.07) is 3.44. The number of aromatic nitrogens is 1. The third kappa shape index (κ3) is 1.72. The smallest absolute Gasteiger partial charge is 0.255 e. The zero-order chi connectivity index (χ0) is 11.0. The van der Waals surface area contributed by atoms with Gasteiger partial charge in [-0.05, 0) is 19.1 Å². The molecule has 0 aromatic carbocycles. The number of likely N-dealkylation sites (N-methyl/N-ethyl adjacent to an activating group) is 1. The number of fused-ring (bicyclic) bond motifs is 1. The van der Waals surface area contributed by atoms with Gasteiger partial charge in [0.15, 0.2) is 0 Å². The predicted octanol–water partition coefficient (Wildman–Crippen LogP) is 2.31. The van der Waals surface area contributed by atoms with E-state index in [9.17, 15) is 4.79 Å². The van der Waals surface area contributed by atoms with Crippen molar-refractivity contribution in [1.29, 1.82) is 0 Å². The summed E-state index contributed by atoms with van der Waals surface area (Å²) in [6.45, 7) is 5.52. The van der Waals surface area contributed by atoms with Crippen LogP contribution in [0.1, 0.15) is 35.8 Å². The number of nitrogens with zero attached hydrogens (tertiary/aromatic N) is 2. The zero-order valence-electron chi connectivity index (χ0n) is 8.83. The van der Waals surface area contributed by atoms with E-state index in [1.54, 1.807) is 12.1 Å². The van der Waals surface area contributed by atoms with E-state index < -0.39 is 0 Å². The van der Waals surface area contributed by atoms with Gasteiger partial charge in [-0.1, -0.05) is 18.5 Å². The van der Waals surface area contributed by atoms with Gasteiger partial charge in [-0.3, -0.25) is 4.79 Å². The van der Waals surface area contributed by atoms with Crippen LogP contribution in [0.25, 0.3) is 0 Å². The molecule has 0 spiro atoms. The summed E-state index contributed by atoms with van der Waals surface area (Å²) in [7, 11) is 0. The quantitative estimate of drug-likeness (QED) is 0.686. The molecule has 1 aliphatic rings. The second-order valence-corrected chi connectivity index (χ2v) is 4.20. The fourth-order valence-corrected chi connectivity index (χ4v) is 2.10. The molecule has 0 N–H and O–H groups in total. The van der Waals surface area contributed by atoms with E-state index in [0.29, 0.717) is 10.7 Å². The van der Waals surface area contributed by atoms with Crippen LogP contribution in [0.5, 0.6) is 0 Å². The van der Waals surface area contributed by atoms with Gasteiger partial charge in [-0.25, -0.2) is 4.98 Å². The van der Waals surface area contributed by atoms with Gasteiger partial charge < -0.3 is 4.90 Å². The van der Waals surface area contributed by atoms with Crippen molar-refractivity contribution in [1.82, 2.24) is 9.88 Å². The highest BCUT2D eigenvalue weighted by Crippen LogP contribution is 2.27. The Hall–Kier alpha value is -1.09. The monoisotopic (exact) mass is 224 g/mol. The SMILES string of the molecule is CCN1CC(C)c2nc(Cl)ccc2C1=O. The second kappa shape index (κ2) is 3.81. The molecular formula is C11H13ClN2O. The zero-order valence-corrected chi connectivity index (χ0v) is 9.58. The third-order valence-corrected chi connectivity index (χ3v) is 2.96. The van der Waals surface area contributed by atoms with E-state index in [1.807, 2.05) is 11.8 Å². The van der Waals surface area contributed by atoms with Crippen LogP contribution in [0.4, 0.5) is 0 Å². The Kier molecular flexibility index (Phi) is 2.65. The molecule has 4 heteroatoms. The molecule has 0 aliphatic carbocycles. The van der Waals surface area contributed by atoms with E-state index in [2.05, 4.69) is 11.9 Å². The van der Waals surface area contributed by atoms with Gasteiger partial charge in [-0.2, -0.15) is 0 Å². The third-order valence-electron chi connectivity index (χ3n) is 2.75. The van der Waals surface area contributed by atoms with Crippen LogP contribution in [-0.4, -0.2) is 28.9 Å². The van der Waals surface area contributed by atoms with E-state index in [1.165, 1.54) is 0 Å². The molecule has 80 valence electrons. The summed E-state index contributed by atoms with van der Waals surface area (Å²) in [6.07, 6.45) is 0. The average Bonchev–Trinajstić information content (AvgIpc) is 2.23. The topological polar surface area (TPSA) is 33.2 Å². The molecule has 0 bridgehead atoms. The molecule has 1 unspecified atom stereocenters. The molecule has 3 nitrogen and oxygen atoms in total. The van der Waals surface area contributed by atoms with Crippen molar-refractivity contribution in [3.8, 4) is 0 Å². The number of carbonyl (C=O) groups excluding carboxylic acids is 1. The van der Waals surface area contributed by atoms with Gasteiger partial charge >= 0.3 is 0 Å². The van der Waals surface area contributed by atoms with Crippen molar-refractivity contribution in [2.45, 2.75) is 19.8 Å². The van der Waals surface area contributed by atoms with Crippen molar-refractivity contribution in [3.05, 3.63) is 28.5 Å². The van der Waals surface area contributed by atoms with Crippen LogP contribution < -0.4 is 0 Å². The highest BCUT2D eigenvalue weighted by Gasteiger charge is 2.29. The molecule has 1 aromatic heterocycles. The first kappa shape index (κ1) is 10.4. The number of hydrogen-bond donors (Lipinski definition) is 0. The Morgan fingerprint density at radius 2 is 2.33 bits per heavy atom. The van der Waals surface area contributed by atoms with Crippen molar-refractivity contribution in [2.24, 2.45) is 0 Å². The van der Waals surface area contributed by atoms with E-state index >= 15 is 0 Å². The van der Waals surface area contributed by atoms with Gasteiger partial charge in [0.2, 0.25) is 0 Å². The van der Waals surface area contributed by atoms with Crippen LogP contribution in [0, 0.1) is 0 Å². The fourth-order valence-electron chi connectivity index (χ4n) is 1.95. The summed E-state index contributed by atoms with van der Waals surface area (Å²) >= 11 is 5.82. The molecule has 15 heavy (non-hydrogen) atoms. The van der Waals surface area contributed by atoms with Gasteiger partial charge in [0, 0.05) is 19.0 Å². The normalized spacial score (nSPS) is 20.3. The Morgan fingerprint density at radius 3 is 3.00 bits per heavy atom. The maximum atomic E-state index is 11.9. The summed E-state index contributed by atoms with van der Waals surface area (Å²) in [4.78, 5) is 18.0. The Balaban J connectivity index is 2.49. The van der Waals surface area contributed by atoms with E-state index in [0.717, 1.165) is 18.8 Å². The molecular weight excluding hydrogens is 212 g/mol. The fraction of sp³-hybridized carbons (Fsp3) is 0.455. The molecule has 1 amide bonds. The minimum absolute atomic E-state index is 0.0646. The lowest BCUT2D eigenvalue weighted by molar-refractivity contribution is 0.0732. The Labute approximate surface area is 94.1 Å². The summed E-state index contributed by atoms with van der Waals surface area (Å²) in [5.74, 6) is 0.325. The molecule has 0 fully saturated rings. The second-order valence-electron chi connectivity index (χ2n) is 3.81. The molecule has 1 aliphatic heterocycles. The van der Waals surface area contributed by atoms with Crippen LogP contribution in [0.2, 0.25) is 5.15 Å². The first-order valence-electron chi connectivity index (χ1n) is 5.09. The summed E-state index contributed by atoms with van der Waals surface area (Å²) in [5, 5.41) is 0.457. The van der Waals surface area contributed by atoms with Crippen LogP contribution in [0.3, 0.4) is 0 Å². The lowest BCUT2D eigenvalue weighted by Gasteiger charge is -2.31. The number of carbonyl (C=O) groups is 1. The minimum atomic E-state index is 0.0646. The van der Waals surface area contributed by atoms with Crippen molar-refractivity contribution < 1.29 is 4.79 Å². The van der Waals surface area contributed by atoms with Crippen LogP contribution in [-0.2, 0) is 0 Å². The highest BCUT2D eigenvalue weighted by molar-refractivity contribution is 6.29. The lowest BCUT2D eigenvalue weighted by atomic mass is 9.96. The van der Waals surface area contributed by atoms with E-state index in [4.69, 9.17) is 11.6 Å². The molecule has 0 saturated heterocycles. The standard InChI is InChI=1S/C11H13ClN2O/c1-3-14-6-7(2)10-8(11(14)15)4-5-9(12)13-10/h4-5,7H,3,6H2,1-2H3. The summed E-state index contributed by atoms with van der Waals surface area (Å²) in [5.41, 5.74) is 1.53. The van der Waals surface area contributed by atoms with Crippen LogP contribution in [0.15, 0.2) is 12.1 Å². The first-order valence-corrected chi connectivity index (χ1v) is 5.47. The number of pyridine rings is 1. The van der Waals surface area contributed by atoms with E-state index in [-0.39, 0.29) is 11.8 Å². The van der Waals surface area contributed by atoms with Gasteiger partial charge in [0.25, 0.3) is 5.91 Å². The highest BCUT2D eigenvalue weighted by atomic mass is 35.5. The first-order chi connectivity index (χ1) is 7.13. The summed E-state index contributed by atoms with van der Waals surface area (Å²) < 4.78 is 0. The van der Waals surface area contributed by atoms with Crippen molar-refractivity contribution in [3.63, 3.8) is 0 Å². The Morgan fingerprint density at radius 1 is 1.60 bits per heavy atom. The van der Waals surface area contributed by atoms with Crippen molar-refractivity contribution in [2.75, 3.05) is 13.1 Å². The van der Waals surface area contributed by atoms with Gasteiger partial charge in [0.1, 0.15) is 5.15 Å². The number of rotatable bonds is 1. The Bertz CT molecular complexity index is 406. The number of halogens is 1. The molecule has 1 aromatic rings. The van der Waals surface area contributed by atoms with Gasteiger partial charge in [-0.15, -0.1) is 0 Å². The number of hydrogen-bond acceptors (Lipinski definition) is 2. The number of amides is 1. The van der Waals surface area contributed by atoms with Gasteiger partial charge in [0.05, 0.1) is 11.3 Å². The van der Waals surface area contributed by atoms with Crippen molar-refractivity contribution >= 4 is 17.5 Å². The maximum Gasteiger partial charge on any atom is 0.255 e. The molecule has 0 saturated carbocycles. The largest absolute Gasteiger partial charge is 0.338 e. The maximum absolute atomic E-state index is 11.9. The van der Waals surface area contributed by atoms with Crippen LogP contribution >= 0.6 is 11.6 Å². The lowest BCUT2D eigenvalue weighted by Crippen LogP contribution is -2.39. The molecule has 2 rings (SSSR count). The predicted molar refractivity (Wildman–Crippen MR) is 59.2 cm³/mol. The molecule has 0 radical (unpaired) electrons. The molecule has 2 heterocycles. The minimum Gasteiger partial charge on any atom is -0.338 e. The molecule has 1 atom stereocenters. The average molecular weight is 225 g/mol.